The van der Waals surface area contributed by atoms with E-state index in [1.165, 1.54) is 35.5 Å². The number of ether oxygens (including phenoxy) is 1. The van der Waals surface area contributed by atoms with Crippen molar-refractivity contribution in [2.45, 2.75) is 59.0 Å². The summed E-state index contributed by atoms with van der Waals surface area (Å²) in [5, 5.41) is 5.75. The molecule has 0 radical (unpaired) electrons. The van der Waals surface area contributed by atoms with Crippen molar-refractivity contribution in [3.05, 3.63) is 54.1 Å². The third-order valence-corrected chi connectivity index (χ3v) is 9.85. The number of amides is 2. The molecule has 0 aliphatic heterocycles. The highest BCUT2D eigenvalue weighted by Crippen LogP contribution is 2.41. The largest absolute Gasteiger partial charge is 0.444 e. The van der Waals surface area contributed by atoms with Gasteiger partial charge < -0.3 is 10.1 Å². The van der Waals surface area contributed by atoms with Crippen LogP contribution in [0.4, 0.5) is 15.5 Å². The molecule has 1 unspecified atom stereocenters. The number of hydrogen-bond acceptors (Lipinski definition) is 8. The summed E-state index contributed by atoms with van der Waals surface area (Å²) < 4.78 is 33.3. The SMILES string of the molecule is CSc1sc(/N=C/NC(=O)OC(C)(C)C)cc1S(=O)(=O)c1cccc(-c2c(C)cccc2NC(=O)C(C)Br)c1. The van der Waals surface area contributed by atoms with Crippen molar-refractivity contribution in [1.29, 1.82) is 0 Å². The normalized spacial score (nSPS) is 12.8. The van der Waals surface area contributed by atoms with Crippen LogP contribution in [-0.4, -0.2) is 43.4 Å². The molecule has 2 aromatic carbocycles. The molecule has 2 N–H and O–H groups in total. The quantitative estimate of drug-likeness (QED) is 0.115. The van der Waals surface area contributed by atoms with Crippen molar-refractivity contribution in [2.75, 3.05) is 11.6 Å². The van der Waals surface area contributed by atoms with E-state index in [-0.39, 0.29) is 15.7 Å². The van der Waals surface area contributed by atoms with Crippen LogP contribution in [0.2, 0.25) is 0 Å². The van der Waals surface area contributed by atoms with Crippen LogP contribution in [0.15, 0.2) is 67.5 Å². The van der Waals surface area contributed by atoms with Gasteiger partial charge in [-0.3, -0.25) is 10.1 Å². The van der Waals surface area contributed by atoms with E-state index in [1.807, 2.05) is 25.1 Å². The first-order valence-electron chi connectivity index (χ1n) is 11.8. The summed E-state index contributed by atoms with van der Waals surface area (Å²) in [5.41, 5.74) is 2.23. The van der Waals surface area contributed by atoms with Crippen molar-refractivity contribution in [1.82, 2.24) is 5.32 Å². The monoisotopic (exact) mass is 651 g/mol. The van der Waals surface area contributed by atoms with Gasteiger partial charge in [0, 0.05) is 11.3 Å². The highest BCUT2D eigenvalue weighted by molar-refractivity contribution is 9.10. The number of aliphatic imine (C=N–C) groups is 1. The first-order valence-corrected chi connectivity index (χ1v) is 16.3. The van der Waals surface area contributed by atoms with E-state index < -0.39 is 26.4 Å². The summed E-state index contributed by atoms with van der Waals surface area (Å²) in [7, 11) is -3.91. The van der Waals surface area contributed by atoms with Crippen molar-refractivity contribution in [2.24, 2.45) is 4.99 Å². The molecule has 39 heavy (non-hydrogen) atoms. The molecule has 1 aromatic heterocycles. The number of benzene rings is 2. The van der Waals surface area contributed by atoms with E-state index in [2.05, 4.69) is 31.6 Å². The molecular weight excluding hydrogens is 622 g/mol. The third-order valence-electron chi connectivity index (χ3n) is 5.23. The number of nitrogens with zero attached hydrogens (tertiary/aromatic N) is 1. The Balaban J connectivity index is 1.96. The summed E-state index contributed by atoms with van der Waals surface area (Å²) in [6, 6.07) is 13.7. The van der Waals surface area contributed by atoms with Gasteiger partial charge in [-0.25, -0.2) is 18.2 Å². The second-order valence-electron chi connectivity index (χ2n) is 9.48. The molecule has 208 valence electrons. The Morgan fingerprint density at radius 3 is 2.49 bits per heavy atom. The van der Waals surface area contributed by atoms with E-state index in [0.29, 0.717) is 20.5 Å². The minimum atomic E-state index is -3.91. The number of sulfone groups is 1. The predicted molar refractivity (Wildman–Crippen MR) is 163 cm³/mol. The zero-order valence-corrected chi connectivity index (χ0v) is 26.4. The van der Waals surface area contributed by atoms with Crippen molar-refractivity contribution in [3.8, 4) is 11.1 Å². The molecule has 0 aliphatic rings. The van der Waals surface area contributed by atoms with Gasteiger partial charge in [0.25, 0.3) is 0 Å². The van der Waals surface area contributed by atoms with Gasteiger partial charge in [-0.15, -0.1) is 23.1 Å². The van der Waals surface area contributed by atoms with Gasteiger partial charge in [-0.05, 0) is 76.3 Å². The first-order chi connectivity index (χ1) is 18.2. The lowest BCUT2D eigenvalue weighted by Gasteiger charge is -2.18. The van der Waals surface area contributed by atoms with Gasteiger partial charge in [0.05, 0.1) is 25.2 Å². The molecule has 1 heterocycles. The Hall–Kier alpha value is -2.67. The Labute approximate surface area is 245 Å². The van der Waals surface area contributed by atoms with Crippen molar-refractivity contribution >= 4 is 77.9 Å². The average Bonchev–Trinajstić information content (AvgIpc) is 3.27. The number of nitrogens with one attached hydrogen (secondary N) is 2. The second-order valence-corrected chi connectivity index (χ2v) is 14.9. The zero-order chi connectivity index (χ0) is 29.0. The lowest BCUT2D eigenvalue weighted by molar-refractivity contribution is -0.115. The van der Waals surface area contributed by atoms with Crippen LogP contribution in [0.25, 0.3) is 11.1 Å². The number of carbonyl (C=O) groups excluding carboxylic acids is 2. The smallest absolute Gasteiger partial charge is 0.412 e. The van der Waals surface area contributed by atoms with E-state index in [9.17, 15) is 18.0 Å². The van der Waals surface area contributed by atoms with Gasteiger partial charge in [-0.2, -0.15) is 0 Å². The number of alkyl carbamates (subject to hydrolysis) is 1. The fourth-order valence-corrected chi connectivity index (χ4v) is 7.51. The molecule has 0 saturated carbocycles. The van der Waals surface area contributed by atoms with Crippen molar-refractivity contribution < 1.29 is 22.7 Å². The molecule has 0 bridgehead atoms. The summed E-state index contributed by atoms with van der Waals surface area (Å²) in [6.07, 6.45) is 2.32. The maximum Gasteiger partial charge on any atom is 0.412 e. The van der Waals surface area contributed by atoms with E-state index in [1.54, 1.807) is 58.2 Å². The lowest BCUT2D eigenvalue weighted by atomic mass is 9.98. The number of thiophene rings is 1. The van der Waals surface area contributed by atoms with E-state index in [4.69, 9.17) is 4.74 Å². The van der Waals surface area contributed by atoms with Crippen LogP contribution < -0.4 is 10.6 Å². The van der Waals surface area contributed by atoms with E-state index >= 15 is 0 Å². The fourth-order valence-electron chi connectivity index (χ4n) is 3.53. The van der Waals surface area contributed by atoms with Crippen LogP contribution in [0.3, 0.4) is 0 Å². The average molecular weight is 653 g/mol. The Morgan fingerprint density at radius 1 is 1.15 bits per heavy atom. The molecule has 3 rings (SSSR count). The summed E-state index contributed by atoms with van der Waals surface area (Å²) in [6.45, 7) is 8.89. The molecule has 2 amide bonds. The predicted octanol–water partition coefficient (Wildman–Crippen LogP) is 7.18. The van der Waals surface area contributed by atoms with Gasteiger partial charge in [0.1, 0.15) is 10.6 Å². The molecule has 1 atom stereocenters. The number of hydrogen-bond donors (Lipinski definition) is 2. The van der Waals surface area contributed by atoms with Crippen LogP contribution >= 0.6 is 39.0 Å². The van der Waals surface area contributed by atoms with Crippen LogP contribution in [0.1, 0.15) is 33.3 Å². The summed E-state index contributed by atoms with van der Waals surface area (Å²) >= 11 is 5.79. The molecule has 0 spiro atoms. The fraction of sp³-hybridized carbons (Fsp3) is 0.296. The van der Waals surface area contributed by atoms with Crippen molar-refractivity contribution in [3.63, 3.8) is 0 Å². The molecule has 3 aromatic rings. The Bertz CT molecular complexity index is 1510. The highest BCUT2D eigenvalue weighted by atomic mass is 79.9. The number of carbonyl (C=O) groups is 2. The first kappa shape index (κ1) is 30.9. The number of aryl methyl sites for hydroxylation is 1. The molecule has 8 nitrogen and oxygen atoms in total. The maximum absolute atomic E-state index is 13.8. The second kappa shape index (κ2) is 12.7. The van der Waals surface area contributed by atoms with Gasteiger partial charge >= 0.3 is 6.09 Å². The number of anilines is 1. The number of alkyl halides is 1. The molecule has 0 fully saturated rings. The topological polar surface area (TPSA) is 114 Å². The minimum absolute atomic E-state index is 0.116. The molecule has 0 saturated heterocycles. The molecule has 0 aliphatic carbocycles. The number of rotatable bonds is 8. The van der Waals surface area contributed by atoms with E-state index in [0.717, 1.165) is 11.1 Å². The number of thioether (sulfide) groups is 1. The molecular formula is C27H30BrN3O5S3. The van der Waals surface area contributed by atoms with Gasteiger partial charge in [0.15, 0.2) is 0 Å². The van der Waals surface area contributed by atoms with Gasteiger partial charge in [-0.1, -0.05) is 40.2 Å². The minimum Gasteiger partial charge on any atom is -0.444 e. The Morgan fingerprint density at radius 2 is 1.85 bits per heavy atom. The Kier molecular flexibility index (Phi) is 10.0. The van der Waals surface area contributed by atoms with Crippen LogP contribution in [0.5, 0.6) is 0 Å². The summed E-state index contributed by atoms with van der Waals surface area (Å²) in [5.74, 6) is -0.206. The maximum atomic E-state index is 13.8. The highest BCUT2D eigenvalue weighted by Gasteiger charge is 2.25. The third kappa shape index (κ3) is 7.93. The zero-order valence-electron chi connectivity index (χ0n) is 22.4. The summed E-state index contributed by atoms with van der Waals surface area (Å²) in [4.78, 5) is 28.3. The van der Waals surface area contributed by atoms with Crippen LogP contribution in [0, 0.1) is 6.92 Å². The van der Waals surface area contributed by atoms with Gasteiger partial charge in [0.2, 0.25) is 15.7 Å². The number of halogens is 1. The standard InChI is InChI=1S/C27H30BrN3O5S3/c1-16-9-7-12-20(31-24(32)17(2)28)23(16)18-10-8-11-19(13-18)39(34,35)21-14-22(38-25(21)37-6)29-15-30-26(33)36-27(3,4)5/h7-15,17H,1-6H3,(H,31,32)(H,29,30,33). The molecule has 12 heteroatoms. The van der Waals surface area contributed by atoms with Crippen LogP contribution in [-0.2, 0) is 19.4 Å². The lowest BCUT2D eigenvalue weighted by Crippen LogP contribution is -2.31.